The van der Waals surface area contributed by atoms with E-state index in [-0.39, 0.29) is 5.78 Å². The van der Waals surface area contributed by atoms with Crippen molar-refractivity contribution in [1.82, 2.24) is 4.90 Å². The monoisotopic (exact) mass is 275 g/mol. The number of hydrogen-bond donors (Lipinski definition) is 0. The van der Waals surface area contributed by atoms with Gasteiger partial charge in [-0.1, -0.05) is 37.3 Å². The molecule has 20 heavy (non-hydrogen) atoms. The Bertz CT molecular complexity index is 464. The zero-order valence-corrected chi connectivity index (χ0v) is 12.0. The van der Waals surface area contributed by atoms with Crippen LogP contribution in [-0.2, 0) is 14.3 Å². The first kappa shape index (κ1) is 14.7. The Morgan fingerprint density at radius 2 is 2.10 bits per heavy atom. The summed E-state index contributed by atoms with van der Waals surface area (Å²) in [5.74, 6) is -0.646. The molecule has 0 N–H and O–H groups in total. The summed E-state index contributed by atoms with van der Waals surface area (Å²) in [7, 11) is 1.33. The molecule has 1 saturated heterocycles. The third-order valence-corrected chi connectivity index (χ3v) is 3.89. The second-order valence-corrected chi connectivity index (χ2v) is 5.36. The maximum Gasteiger partial charge on any atom is 0.317 e. The second kappa shape index (κ2) is 6.66. The lowest BCUT2D eigenvalue weighted by Gasteiger charge is -2.32. The average Bonchev–Trinajstić information content (AvgIpc) is 2.49. The van der Waals surface area contributed by atoms with Gasteiger partial charge in [-0.25, -0.2) is 0 Å². The fourth-order valence-electron chi connectivity index (χ4n) is 2.68. The highest BCUT2D eigenvalue weighted by atomic mass is 16.5. The summed E-state index contributed by atoms with van der Waals surface area (Å²) in [5.41, 5.74) is 1.28. The lowest BCUT2D eigenvalue weighted by atomic mass is 9.94. The first-order valence-corrected chi connectivity index (χ1v) is 6.99. The molecule has 0 aromatic heterocycles. The Hall–Kier alpha value is -1.68. The summed E-state index contributed by atoms with van der Waals surface area (Å²) < 4.78 is 4.71. The van der Waals surface area contributed by atoms with Crippen LogP contribution in [0.2, 0.25) is 0 Å². The van der Waals surface area contributed by atoms with E-state index in [0.29, 0.717) is 18.9 Å². The van der Waals surface area contributed by atoms with Gasteiger partial charge in [-0.3, -0.25) is 9.59 Å². The molecule has 0 amide bonds. The summed E-state index contributed by atoms with van der Waals surface area (Å²) in [5, 5.41) is 0. The summed E-state index contributed by atoms with van der Waals surface area (Å²) in [6.07, 6.45) is 0.432. The van der Waals surface area contributed by atoms with Crippen molar-refractivity contribution in [2.75, 3.05) is 26.7 Å². The molecular formula is C16H21NO3. The number of ether oxygens (including phenoxy) is 1. The van der Waals surface area contributed by atoms with Crippen LogP contribution in [0.15, 0.2) is 30.3 Å². The van der Waals surface area contributed by atoms with Gasteiger partial charge in [0.1, 0.15) is 11.7 Å². The van der Waals surface area contributed by atoms with Gasteiger partial charge in [0.2, 0.25) is 0 Å². The summed E-state index contributed by atoms with van der Waals surface area (Å²) in [6.45, 7) is 4.22. The second-order valence-electron chi connectivity index (χ2n) is 5.36. The maximum absolute atomic E-state index is 11.8. The molecule has 1 aliphatic rings. The number of nitrogens with zero attached hydrogens (tertiary/aromatic N) is 1. The summed E-state index contributed by atoms with van der Waals surface area (Å²) >= 11 is 0. The van der Waals surface area contributed by atoms with Gasteiger partial charge in [0, 0.05) is 26.1 Å². The summed E-state index contributed by atoms with van der Waals surface area (Å²) in [4.78, 5) is 25.6. The molecule has 1 fully saturated rings. The normalized spacial score (nSPS) is 21.5. The zero-order valence-electron chi connectivity index (χ0n) is 12.0. The van der Waals surface area contributed by atoms with Crippen LogP contribution in [0.4, 0.5) is 0 Å². The van der Waals surface area contributed by atoms with E-state index in [1.165, 1.54) is 12.7 Å². The van der Waals surface area contributed by atoms with Crippen molar-refractivity contribution >= 4 is 11.8 Å². The topological polar surface area (TPSA) is 46.6 Å². The molecule has 4 nitrogen and oxygen atoms in total. The Kier molecular flexibility index (Phi) is 4.90. The molecule has 2 atom stereocenters. The van der Waals surface area contributed by atoms with E-state index < -0.39 is 11.9 Å². The molecule has 0 saturated carbocycles. The highest BCUT2D eigenvalue weighted by molar-refractivity contribution is 5.99. The fraction of sp³-hybridized carbons (Fsp3) is 0.500. The number of piperidine rings is 1. The number of benzene rings is 1. The van der Waals surface area contributed by atoms with Crippen LogP contribution >= 0.6 is 0 Å². The zero-order chi connectivity index (χ0) is 14.5. The molecule has 0 aliphatic carbocycles. The molecule has 2 rings (SSSR count). The minimum absolute atomic E-state index is 0.000430. The van der Waals surface area contributed by atoms with Crippen LogP contribution in [0.25, 0.3) is 0 Å². The van der Waals surface area contributed by atoms with Crippen molar-refractivity contribution in [3.63, 3.8) is 0 Å². The molecule has 0 spiro atoms. The number of rotatable bonds is 4. The van der Waals surface area contributed by atoms with Crippen molar-refractivity contribution in [3.05, 3.63) is 35.9 Å². The van der Waals surface area contributed by atoms with Crippen LogP contribution in [0.1, 0.15) is 24.8 Å². The molecule has 1 aromatic carbocycles. The standard InChI is InChI=1S/C16H21NO3/c1-12(13-6-4-3-5-7-13)10-17-9-8-15(18)14(11-17)16(19)20-2/h3-7,12,14H,8-11H2,1-2H3. The lowest BCUT2D eigenvalue weighted by Crippen LogP contribution is -2.45. The number of carbonyl (C=O) groups is 2. The predicted octanol–water partition coefficient (Wildman–Crippen LogP) is 1.85. The highest BCUT2D eigenvalue weighted by Crippen LogP contribution is 2.20. The third-order valence-electron chi connectivity index (χ3n) is 3.89. The first-order valence-electron chi connectivity index (χ1n) is 6.99. The van der Waals surface area contributed by atoms with Crippen LogP contribution in [0.3, 0.4) is 0 Å². The van der Waals surface area contributed by atoms with Gasteiger partial charge in [-0.2, -0.15) is 0 Å². The lowest BCUT2D eigenvalue weighted by molar-refractivity contribution is -0.151. The molecular weight excluding hydrogens is 254 g/mol. The van der Waals surface area contributed by atoms with E-state index in [4.69, 9.17) is 4.74 Å². The highest BCUT2D eigenvalue weighted by Gasteiger charge is 2.33. The number of ketones is 1. The quantitative estimate of drug-likeness (QED) is 0.621. The Balaban J connectivity index is 1.96. The van der Waals surface area contributed by atoms with Crippen molar-refractivity contribution in [2.45, 2.75) is 19.3 Å². The molecule has 4 heteroatoms. The van der Waals surface area contributed by atoms with Crippen LogP contribution in [0, 0.1) is 5.92 Å². The van der Waals surface area contributed by atoms with Crippen molar-refractivity contribution < 1.29 is 14.3 Å². The Morgan fingerprint density at radius 1 is 1.40 bits per heavy atom. The van der Waals surface area contributed by atoms with Gasteiger partial charge in [-0.15, -0.1) is 0 Å². The minimum atomic E-state index is -0.614. The number of Topliss-reactive ketones (excluding diaryl/α,β-unsaturated/α-hetero) is 1. The largest absolute Gasteiger partial charge is 0.468 e. The molecule has 0 radical (unpaired) electrons. The molecule has 0 bridgehead atoms. The first-order chi connectivity index (χ1) is 9.61. The predicted molar refractivity (Wildman–Crippen MR) is 76.4 cm³/mol. The van der Waals surface area contributed by atoms with E-state index >= 15 is 0 Å². The SMILES string of the molecule is COC(=O)C1CN(CC(C)c2ccccc2)CCC1=O. The van der Waals surface area contributed by atoms with Gasteiger partial charge in [0.15, 0.2) is 0 Å². The number of methoxy groups -OCH3 is 1. The third kappa shape index (κ3) is 3.45. The average molecular weight is 275 g/mol. The number of carbonyl (C=O) groups excluding carboxylic acids is 2. The van der Waals surface area contributed by atoms with Gasteiger partial charge < -0.3 is 9.64 Å². The van der Waals surface area contributed by atoms with Gasteiger partial charge in [0.05, 0.1) is 7.11 Å². The molecule has 1 aliphatic heterocycles. The molecule has 1 heterocycles. The van der Waals surface area contributed by atoms with E-state index in [2.05, 4.69) is 24.0 Å². The molecule has 108 valence electrons. The fourth-order valence-corrected chi connectivity index (χ4v) is 2.68. The Morgan fingerprint density at radius 3 is 2.75 bits per heavy atom. The molecule has 2 unspecified atom stereocenters. The van der Waals surface area contributed by atoms with Gasteiger partial charge >= 0.3 is 5.97 Å². The van der Waals surface area contributed by atoms with Gasteiger partial charge in [-0.05, 0) is 11.5 Å². The van der Waals surface area contributed by atoms with Crippen LogP contribution in [-0.4, -0.2) is 43.4 Å². The van der Waals surface area contributed by atoms with E-state index in [0.717, 1.165) is 13.1 Å². The maximum atomic E-state index is 11.8. The minimum Gasteiger partial charge on any atom is -0.468 e. The van der Waals surface area contributed by atoms with Crippen molar-refractivity contribution in [2.24, 2.45) is 5.92 Å². The smallest absolute Gasteiger partial charge is 0.317 e. The Labute approximate surface area is 119 Å². The van der Waals surface area contributed by atoms with Crippen LogP contribution in [0.5, 0.6) is 0 Å². The number of hydrogen-bond acceptors (Lipinski definition) is 4. The van der Waals surface area contributed by atoms with Crippen LogP contribution < -0.4 is 0 Å². The van der Waals surface area contributed by atoms with E-state index in [1.54, 1.807) is 0 Å². The van der Waals surface area contributed by atoms with Gasteiger partial charge in [0.25, 0.3) is 0 Å². The number of esters is 1. The van der Waals surface area contributed by atoms with E-state index in [9.17, 15) is 9.59 Å². The summed E-state index contributed by atoms with van der Waals surface area (Å²) in [6, 6.07) is 10.3. The molecule has 1 aromatic rings. The van der Waals surface area contributed by atoms with Crippen molar-refractivity contribution in [1.29, 1.82) is 0 Å². The van der Waals surface area contributed by atoms with Crippen molar-refractivity contribution in [3.8, 4) is 0 Å². The number of likely N-dealkylation sites (tertiary alicyclic amines) is 1. The van der Waals surface area contributed by atoms with E-state index in [1.807, 2.05) is 18.2 Å².